The molecule has 0 saturated heterocycles. The van der Waals surface area contributed by atoms with Gasteiger partial charge in [-0.15, -0.1) is 0 Å². The average molecular weight is 251 g/mol. The van der Waals surface area contributed by atoms with Crippen LogP contribution in [0.25, 0.3) is 6.08 Å². The highest BCUT2D eigenvalue weighted by Gasteiger charge is 2.02. The largest absolute Gasteiger partial charge is 0.465 e. The molecule has 0 aliphatic carbocycles. The summed E-state index contributed by atoms with van der Waals surface area (Å²) in [7, 11) is 0. The first kappa shape index (κ1) is 13.9. The first-order valence-corrected chi connectivity index (χ1v) is 5.49. The van der Waals surface area contributed by atoms with Gasteiger partial charge in [-0.3, -0.25) is 9.59 Å². The van der Waals surface area contributed by atoms with E-state index in [1.165, 1.54) is 24.3 Å². The van der Waals surface area contributed by atoms with E-state index in [-0.39, 0.29) is 19.0 Å². The lowest BCUT2D eigenvalue weighted by Gasteiger charge is -2.01. The molecule has 1 N–H and O–H groups in total. The minimum atomic E-state index is -0.495. The number of esters is 1. The molecule has 0 bridgehead atoms. The Morgan fingerprint density at radius 3 is 2.89 bits per heavy atom. The number of halogens is 1. The molecule has 18 heavy (non-hydrogen) atoms. The number of rotatable bonds is 5. The Bertz CT molecular complexity index is 457. The summed E-state index contributed by atoms with van der Waals surface area (Å²) in [5, 5.41) is 2.36. The second kappa shape index (κ2) is 7.21. The fourth-order valence-electron chi connectivity index (χ4n) is 1.21. The van der Waals surface area contributed by atoms with Crippen molar-refractivity contribution in [3.63, 3.8) is 0 Å². The van der Waals surface area contributed by atoms with Crippen molar-refractivity contribution >= 4 is 18.0 Å². The third kappa shape index (κ3) is 5.25. The normalized spacial score (nSPS) is 10.3. The molecule has 1 rings (SSSR count). The molecule has 0 fully saturated rings. The first-order valence-electron chi connectivity index (χ1n) is 5.49. The molecular weight excluding hydrogens is 237 g/mol. The van der Waals surface area contributed by atoms with Crippen LogP contribution in [0.15, 0.2) is 30.3 Å². The van der Waals surface area contributed by atoms with E-state index in [1.807, 2.05) is 0 Å². The lowest BCUT2D eigenvalue weighted by molar-refractivity contribution is -0.143. The summed E-state index contributed by atoms with van der Waals surface area (Å²) < 4.78 is 17.5. The van der Waals surface area contributed by atoms with Crippen molar-refractivity contribution < 1.29 is 18.7 Å². The van der Waals surface area contributed by atoms with Crippen LogP contribution in [-0.2, 0) is 14.3 Å². The van der Waals surface area contributed by atoms with E-state index in [9.17, 15) is 14.0 Å². The smallest absolute Gasteiger partial charge is 0.325 e. The minimum Gasteiger partial charge on any atom is -0.465 e. The summed E-state index contributed by atoms with van der Waals surface area (Å²) in [4.78, 5) is 22.3. The summed E-state index contributed by atoms with van der Waals surface area (Å²) in [6.45, 7) is 1.78. The number of hydrogen-bond acceptors (Lipinski definition) is 3. The van der Waals surface area contributed by atoms with Crippen LogP contribution in [0.1, 0.15) is 12.5 Å². The molecule has 0 unspecified atom stereocenters. The lowest BCUT2D eigenvalue weighted by atomic mass is 10.2. The van der Waals surface area contributed by atoms with Gasteiger partial charge in [0.25, 0.3) is 0 Å². The molecule has 4 nitrogen and oxygen atoms in total. The highest BCUT2D eigenvalue weighted by molar-refractivity contribution is 5.93. The lowest BCUT2D eigenvalue weighted by Crippen LogP contribution is -2.29. The summed E-state index contributed by atoms with van der Waals surface area (Å²) in [5.41, 5.74) is 0.571. The van der Waals surface area contributed by atoms with E-state index in [2.05, 4.69) is 10.1 Å². The Morgan fingerprint density at radius 2 is 2.22 bits per heavy atom. The van der Waals surface area contributed by atoms with Gasteiger partial charge in [0.05, 0.1) is 6.61 Å². The predicted molar refractivity (Wildman–Crippen MR) is 65.1 cm³/mol. The highest BCUT2D eigenvalue weighted by atomic mass is 19.1. The minimum absolute atomic E-state index is 0.180. The predicted octanol–water partition coefficient (Wildman–Crippen LogP) is 1.52. The molecule has 0 heterocycles. The first-order chi connectivity index (χ1) is 8.61. The summed E-state index contributed by atoms with van der Waals surface area (Å²) >= 11 is 0. The van der Waals surface area contributed by atoms with Gasteiger partial charge in [-0.25, -0.2) is 4.39 Å². The molecule has 0 aromatic heterocycles. The fraction of sp³-hybridized carbons (Fsp3) is 0.231. The van der Waals surface area contributed by atoms with Crippen molar-refractivity contribution in [2.24, 2.45) is 0 Å². The molecule has 0 saturated carbocycles. The van der Waals surface area contributed by atoms with Crippen molar-refractivity contribution in [2.75, 3.05) is 13.2 Å². The monoisotopic (exact) mass is 251 g/mol. The van der Waals surface area contributed by atoms with Crippen molar-refractivity contribution in [1.29, 1.82) is 0 Å². The molecule has 1 aromatic rings. The van der Waals surface area contributed by atoms with E-state index >= 15 is 0 Å². The highest BCUT2D eigenvalue weighted by Crippen LogP contribution is 2.04. The van der Waals surface area contributed by atoms with E-state index in [4.69, 9.17) is 0 Å². The van der Waals surface area contributed by atoms with Crippen LogP contribution in [0.4, 0.5) is 4.39 Å². The molecule has 0 spiro atoms. The second-order valence-electron chi connectivity index (χ2n) is 3.41. The summed E-state index contributed by atoms with van der Waals surface area (Å²) in [6, 6.07) is 5.83. The fourth-order valence-corrected chi connectivity index (χ4v) is 1.21. The van der Waals surface area contributed by atoms with Gasteiger partial charge in [0.2, 0.25) is 5.91 Å². The van der Waals surface area contributed by atoms with Gasteiger partial charge in [0.15, 0.2) is 0 Å². The molecule has 96 valence electrons. The second-order valence-corrected chi connectivity index (χ2v) is 3.41. The molecular formula is C13H14FNO3. The number of hydrogen-bond donors (Lipinski definition) is 1. The van der Waals surface area contributed by atoms with E-state index < -0.39 is 11.9 Å². The van der Waals surface area contributed by atoms with Gasteiger partial charge in [0.1, 0.15) is 12.4 Å². The Kier molecular flexibility index (Phi) is 5.57. The van der Waals surface area contributed by atoms with E-state index in [1.54, 1.807) is 19.1 Å². The van der Waals surface area contributed by atoms with Gasteiger partial charge in [-0.2, -0.15) is 0 Å². The van der Waals surface area contributed by atoms with Crippen LogP contribution in [-0.4, -0.2) is 25.0 Å². The van der Waals surface area contributed by atoms with Gasteiger partial charge in [-0.05, 0) is 30.7 Å². The Morgan fingerprint density at radius 1 is 1.44 bits per heavy atom. The Hall–Kier alpha value is -2.17. The average Bonchev–Trinajstić information content (AvgIpc) is 2.34. The number of nitrogens with one attached hydrogen (secondary N) is 1. The maximum Gasteiger partial charge on any atom is 0.325 e. The molecule has 0 radical (unpaired) electrons. The van der Waals surface area contributed by atoms with Crippen molar-refractivity contribution in [3.8, 4) is 0 Å². The number of carbonyl (C=O) groups excluding carboxylic acids is 2. The van der Waals surface area contributed by atoms with Crippen LogP contribution in [0.2, 0.25) is 0 Å². The third-order valence-corrected chi connectivity index (χ3v) is 1.99. The van der Waals surface area contributed by atoms with Crippen LogP contribution in [0.3, 0.4) is 0 Å². The third-order valence-electron chi connectivity index (χ3n) is 1.99. The van der Waals surface area contributed by atoms with Gasteiger partial charge < -0.3 is 10.1 Å². The van der Waals surface area contributed by atoms with Gasteiger partial charge >= 0.3 is 5.97 Å². The Balaban J connectivity index is 2.42. The maximum absolute atomic E-state index is 12.8. The molecule has 0 atom stereocenters. The zero-order valence-electron chi connectivity index (χ0n) is 9.98. The number of ether oxygens (including phenoxy) is 1. The zero-order valence-corrected chi connectivity index (χ0v) is 9.98. The standard InChI is InChI=1S/C13H14FNO3/c1-2-18-13(17)9-15-12(16)7-6-10-4-3-5-11(14)8-10/h3-8H,2,9H2,1H3,(H,15,16)/b7-6+. The molecule has 0 aliphatic heterocycles. The van der Waals surface area contributed by atoms with Crippen LogP contribution in [0.5, 0.6) is 0 Å². The topological polar surface area (TPSA) is 55.4 Å². The maximum atomic E-state index is 12.8. The summed E-state index contributed by atoms with van der Waals surface area (Å²) in [5.74, 6) is -1.30. The van der Waals surface area contributed by atoms with E-state index in [0.717, 1.165) is 0 Å². The number of amides is 1. The summed E-state index contributed by atoms with van der Waals surface area (Å²) in [6.07, 6.45) is 2.69. The molecule has 1 amide bonds. The number of benzene rings is 1. The molecule has 0 aliphatic rings. The molecule has 1 aromatic carbocycles. The zero-order chi connectivity index (χ0) is 13.4. The molecule has 5 heteroatoms. The van der Waals surface area contributed by atoms with Crippen LogP contribution in [0, 0.1) is 5.82 Å². The van der Waals surface area contributed by atoms with E-state index in [0.29, 0.717) is 5.56 Å². The van der Waals surface area contributed by atoms with Crippen molar-refractivity contribution in [3.05, 3.63) is 41.7 Å². The van der Waals surface area contributed by atoms with Crippen molar-refractivity contribution in [2.45, 2.75) is 6.92 Å². The van der Waals surface area contributed by atoms with Gasteiger partial charge in [0, 0.05) is 6.08 Å². The Labute approximate surface area is 104 Å². The SMILES string of the molecule is CCOC(=O)CNC(=O)/C=C/c1cccc(F)c1. The van der Waals surface area contributed by atoms with Crippen LogP contribution >= 0.6 is 0 Å². The van der Waals surface area contributed by atoms with Crippen molar-refractivity contribution in [1.82, 2.24) is 5.32 Å². The van der Waals surface area contributed by atoms with Crippen LogP contribution < -0.4 is 5.32 Å². The quantitative estimate of drug-likeness (QED) is 0.637. The number of carbonyl (C=O) groups is 2. The van der Waals surface area contributed by atoms with Gasteiger partial charge in [-0.1, -0.05) is 12.1 Å².